The fourth-order valence-electron chi connectivity index (χ4n) is 1.44. The zero-order valence-electron chi connectivity index (χ0n) is 9.47. The van der Waals surface area contributed by atoms with E-state index in [1.54, 1.807) is 31.6 Å². The van der Waals surface area contributed by atoms with Crippen molar-refractivity contribution in [3.63, 3.8) is 0 Å². The highest BCUT2D eigenvalue weighted by molar-refractivity contribution is 6.35. The monoisotopic (exact) mass is 281 g/mol. The maximum Gasteiger partial charge on any atom is 0.259 e. The molecule has 0 aliphatic heterocycles. The lowest BCUT2D eigenvalue weighted by atomic mass is 10.2. The second-order valence-corrected chi connectivity index (χ2v) is 4.35. The Labute approximate surface area is 114 Å². The molecular formula is C12H9Cl2N3O. The lowest BCUT2D eigenvalue weighted by Gasteiger charge is -2.17. The van der Waals surface area contributed by atoms with Crippen LogP contribution in [0.3, 0.4) is 0 Å². The van der Waals surface area contributed by atoms with Gasteiger partial charge in [-0.3, -0.25) is 9.78 Å². The van der Waals surface area contributed by atoms with Crippen LogP contribution in [-0.2, 0) is 0 Å². The zero-order chi connectivity index (χ0) is 13.1. The van der Waals surface area contributed by atoms with E-state index in [-0.39, 0.29) is 16.1 Å². The number of carbonyl (C=O) groups excluding carboxylic acids is 1. The summed E-state index contributed by atoms with van der Waals surface area (Å²) < 4.78 is 0. The Bertz CT molecular complexity index is 575. The van der Waals surface area contributed by atoms with Crippen LogP contribution < -0.4 is 4.90 Å². The van der Waals surface area contributed by atoms with Gasteiger partial charge in [0.25, 0.3) is 5.91 Å². The number of amides is 1. The molecule has 0 aliphatic carbocycles. The number of rotatable bonds is 2. The summed E-state index contributed by atoms with van der Waals surface area (Å²) in [5.41, 5.74) is 1.04. The van der Waals surface area contributed by atoms with Crippen molar-refractivity contribution in [1.82, 2.24) is 9.97 Å². The molecule has 0 spiro atoms. The van der Waals surface area contributed by atoms with Gasteiger partial charge in [0.1, 0.15) is 5.15 Å². The van der Waals surface area contributed by atoms with Crippen LogP contribution in [0.5, 0.6) is 0 Å². The number of hydrogen-bond acceptors (Lipinski definition) is 3. The number of pyridine rings is 2. The minimum atomic E-state index is -0.254. The fourth-order valence-corrected chi connectivity index (χ4v) is 1.78. The smallest absolute Gasteiger partial charge is 0.259 e. The van der Waals surface area contributed by atoms with Crippen molar-refractivity contribution < 1.29 is 4.79 Å². The Hall–Kier alpha value is -1.65. The number of aromatic nitrogens is 2. The SMILES string of the molecule is CN(C(=O)c1cc(Cl)ncc1Cl)c1ccncc1. The van der Waals surface area contributed by atoms with E-state index in [2.05, 4.69) is 9.97 Å². The molecular weight excluding hydrogens is 273 g/mol. The van der Waals surface area contributed by atoms with E-state index in [0.29, 0.717) is 5.56 Å². The van der Waals surface area contributed by atoms with Crippen LogP contribution >= 0.6 is 23.2 Å². The summed E-state index contributed by atoms with van der Waals surface area (Å²) in [5, 5.41) is 0.496. The van der Waals surface area contributed by atoms with Gasteiger partial charge in [-0.15, -0.1) is 0 Å². The predicted molar refractivity (Wildman–Crippen MR) is 71.2 cm³/mol. The van der Waals surface area contributed by atoms with E-state index >= 15 is 0 Å². The maximum absolute atomic E-state index is 12.3. The van der Waals surface area contributed by atoms with Crippen LogP contribution in [0.2, 0.25) is 10.2 Å². The van der Waals surface area contributed by atoms with Gasteiger partial charge in [0.05, 0.1) is 10.6 Å². The molecule has 2 aromatic heterocycles. The average molecular weight is 282 g/mol. The Morgan fingerprint density at radius 1 is 1.28 bits per heavy atom. The molecule has 18 heavy (non-hydrogen) atoms. The number of nitrogens with zero attached hydrogens (tertiary/aromatic N) is 3. The van der Waals surface area contributed by atoms with Gasteiger partial charge in [0.2, 0.25) is 0 Å². The van der Waals surface area contributed by atoms with E-state index in [9.17, 15) is 4.79 Å². The van der Waals surface area contributed by atoms with Crippen molar-refractivity contribution in [2.24, 2.45) is 0 Å². The third-order valence-electron chi connectivity index (χ3n) is 2.41. The predicted octanol–water partition coefficient (Wildman–Crippen LogP) is 3.06. The molecule has 4 nitrogen and oxygen atoms in total. The Kier molecular flexibility index (Phi) is 3.79. The Morgan fingerprint density at radius 2 is 1.94 bits per heavy atom. The van der Waals surface area contributed by atoms with Gasteiger partial charge in [0, 0.05) is 31.3 Å². The van der Waals surface area contributed by atoms with E-state index in [1.807, 2.05) is 0 Å². The van der Waals surface area contributed by atoms with Crippen molar-refractivity contribution in [2.75, 3.05) is 11.9 Å². The van der Waals surface area contributed by atoms with E-state index in [1.165, 1.54) is 17.2 Å². The van der Waals surface area contributed by atoms with E-state index < -0.39 is 0 Å². The van der Waals surface area contributed by atoms with Crippen LogP contribution in [0.4, 0.5) is 5.69 Å². The summed E-state index contributed by atoms with van der Waals surface area (Å²) in [6.07, 6.45) is 4.58. The third kappa shape index (κ3) is 2.60. The molecule has 92 valence electrons. The van der Waals surface area contributed by atoms with Crippen LogP contribution in [0, 0.1) is 0 Å². The molecule has 0 unspecified atom stereocenters. The molecule has 0 bridgehead atoms. The summed E-state index contributed by atoms with van der Waals surface area (Å²) in [6, 6.07) is 4.91. The van der Waals surface area contributed by atoms with Gasteiger partial charge in [-0.1, -0.05) is 23.2 Å². The number of hydrogen-bond donors (Lipinski definition) is 0. The highest BCUT2D eigenvalue weighted by atomic mass is 35.5. The van der Waals surface area contributed by atoms with E-state index in [4.69, 9.17) is 23.2 Å². The molecule has 1 amide bonds. The molecule has 2 heterocycles. The van der Waals surface area contributed by atoms with Crippen molar-refractivity contribution in [3.8, 4) is 0 Å². The van der Waals surface area contributed by atoms with Crippen LogP contribution in [0.1, 0.15) is 10.4 Å². The molecule has 2 aromatic rings. The lowest BCUT2D eigenvalue weighted by Crippen LogP contribution is -2.26. The first kappa shape index (κ1) is 12.8. The summed E-state index contributed by atoms with van der Waals surface area (Å²) in [5.74, 6) is -0.254. The first-order valence-corrected chi connectivity index (χ1v) is 5.84. The first-order chi connectivity index (χ1) is 8.59. The molecule has 2 rings (SSSR count). The summed E-state index contributed by atoms with van der Waals surface area (Å²) in [4.78, 5) is 21.4. The molecule has 0 aromatic carbocycles. The molecule has 0 radical (unpaired) electrons. The number of carbonyl (C=O) groups is 1. The summed E-state index contributed by atoms with van der Waals surface area (Å²) >= 11 is 11.7. The molecule has 0 atom stereocenters. The summed E-state index contributed by atoms with van der Waals surface area (Å²) in [7, 11) is 1.66. The van der Waals surface area contributed by atoms with Gasteiger partial charge in [-0.2, -0.15) is 0 Å². The van der Waals surface area contributed by atoms with Gasteiger partial charge < -0.3 is 4.90 Å². The largest absolute Gasteiger partial charge is 0.311 e. The van der Waals surface area contributed by atoms with Crippen molar-refractivity contribution in [3.05, 3.63) is 52.5 Å². The standard InChI is InChI=1S/C12H9Cl2N3O/c1-17(8-2-4-15-5-3-8)12(18)9-6-11(14)16-7-10(9)13/h2-7H,1H3. The van der Waals surface area contributed by atoms with Gasteiger partial charge in [-0.25, -0.2) is 4.98 Å². The van der Waals surface area contributed by atoms with Crippen LogP contribution in [0.15, 0.2) is 36.8 Å². The highest BCUT2D eigenvalue weighted by Gasteiger charge is 2.17. The summed E-state index contributed by atoms with van der Waals surface area (Å²) in [6.45, 7) is 0. The van der Waals surface area contributed by atoms with E-state index in [0.717, 1.165) is 5.69 Å². The van der Waals surface area contributed by atoms with Crippen molar-refractivity contribution >= 4 is 34.8 Å². The minimum absolute atomic E-state index is 0.228. The zero-order valence-corrected chi connectivity index (χ0v) is 11.0. The average Bonchev–Trinajstić information content (AvgIpc) is 2.41. The van der Waals surface area contributed by atoms with Crippen LogP contribution in [-0.4, -0.2) is 22.9 Å². The van der Waals surface area contributed by atoms with Crippen molar-refractivity contribution in [1.29, 1.82) is 0 Å². The molecule has 0 fully saturated rings. The third-order valence-corrected chi connectivity index (χ3v) is 2.91. The molecule has 0 aliphatic rings. The molecule has 0 saturated carbocycles. The van der Waals surface area contributed by atoms with Crippen LogP contribution in [0.25, 0.3) is 0 Å². The fraction of sp³-hybridized carbons (Fsp3) is 0.0833. The Balaban J connectivity index is 2.34. The molecule has 0 N–H and O–H groups in total. The maximum atomic E-state index is 12.3. The van der Waals surface area contributed by atoms with Crippen molar-refractivity contribution in [2.45, 2.75) is 0 Å². The second-order valence-electron chi connectivity index (χ2n) is 3.56. The minimum Gasteiger partial charge on any atom is -0.311 e. The second kappa shape index (κ2) is 5.33. The number of halogens is 2. The Morgan fingerprint density at radius 3 is 2.61 bits per heavy atom. The molecule has 0 saturated heterocycles. The van der Waals surface area contributed by atoms with Gasteiger partial charge in [0.15, 0.2) is 0 Å². The molecule has 6 heteroatoms. The first-order valence-electron chi connectivity index (χ1n) is 5.08. The van der Waals surface area contributed by atoms with Gasteiger partial charge in [-0.05, 0) is 18.2 Å². The normalized spacial score (nSPS) is 10.2. The lowest BCUT2D eigenvalue weighted by molar-refractivity contribution is 0.0993. The highest BCUT2D eigenvalue weighted by Crippen LogP contribution is 2.21. The number of anilines is 1. The van der Waals surface area contributed by atoms with Gasteiger partial charge >= 0.3 is 0 Å². The topological polar surface area (TPSA) is 46.1 Å². The quantitative estimate of drug-likeness (QED) is 0.795.